The van der Waals surface area contributed by atoms with Crippen LogP contribution in [0.5, 0.6) is 0 Å². The SMILES string of the molecule is N#CC(c1ccccc1)N1CCN(S(=O)(=O)c2ccc3c(c2)CCC3)CC1. The van der Waals surface area contributed by atoms with E-state index in [1.54, 1.807) is 10.4 Å². The minimum atomic E-state index is -3.48. The Bertz CT molecular complexity index is 959. The molecule has 2 aromatic carbocycles. The summed E-state index contributed by atoms with van der Waals surface area (Å²) in [6, 6.07) is 17.3. The fourth-order valence-electron chi connectivity index (χ4n) is 4.06. The number of piperazine rings is 1. The van der Waals surface area contributed by atoms with E-state index in [0.29, 0.717) is 31.1 Å². The first-order valence-electron chi connectivity index (χ1n) is 9.40. The largest absolute Gasteiger partial charge is 0.282 e. The average molecular weight is 382 g/mol. The molecule has 0 spiro atoms. The summed E-state index contributed by atoms with van der Waals surface area (Å²) in [5.41, 5.74) is 3.40. The van der Waals surface area contributed by atoms with Crippen molar-refractivity contribution in [3.05, 3.63) is 65.2 Å². The Morgan fingerprint density at radius 2 is 1.63 bits per heavy atom. The van der Waals surface area contributed by atoms with Gasteiger partial charge in [-0.3, -0.25) is 4.90 Å². The zero-order chi connectivity index (χ0) is 18.9. The highest BCUT2D eigenvalue weighted by Crippen LogP contribution is 2.28. The van der Waals surface area contributed by atoms with Crippen molar-refractivity contribution in [2.24, 2.45) is 0 Å². The first-order valence-corrected chi connectivity index (χ1v) is 10.8. The van der Waals surface area contributed by atoms with Crippen LogP contribution in [0, 0.1) is 11.3 Å². The molecule has 1 heterocycles. The second kappa shape index (κ2) is 7.43. The fraction of sp³-hybridized carbons (Fsp3) is 0.381. The molecule has 1 aliphatic carbocycles. The Morgan fingerprint density at radius 1 is 0.926 bits per heavy atom. The minimum absolute atomic E-state index is 0.337. The van der Waals surface area contributed by atoms with Crippen LogP contribution in [-0.2, 0) is 22.9 Å². The number of nitrogens with zero attached hydrogens (tertiary/aromatic N) is 3. The van der Waals surface area contributed by atoms with Crippen molar-refractivity contribution in [2.45, 2.75) is 30.2 Å². The van der Waals surface area contributed by atoms with Crippen LogP contribution >= 0.6 is 0 Å². The van der Waals surface area contributed by atoms with Crippen molar-refractivity contribution in [2.75, 3.05) is 26.2 Å². The number of fused-ring (bicyclic) bond motifs is 1. The van der Waals surface area contributed by atoms with Gasteiger partial charge in [-0.15, -0.1) is 0 Å². The van der Waals surface area contributed by atoms with Crippen LogP contribution in [0.15, 0.2) is 53.4 Å². The Labute approximate surface area is 160 Å². The molecule has 2 aromatic rings. The molecule has 1 unspecified atom stereocenters. The van der Waals surface area contributed by atoms with Crippen LogP contribution < -0.4 is 0 Å². The van der Waals surface area contributed by atoms with E-state index in [1.165, 1.54) is 11.1 Å². The summed E-state index contributed by atoms with van der Waals surface area (Å²) in [5, 5.41) is 9.60. The van der Waals surface area contributed by atoms with E-state index in [9.17, 15) is 13.7 Å². The second-order valence-electron chi connectivity index (χ2n) is 7.17. The molecule has 2 aliphatic rings. The van der Waals surface area contributed by atoms with E-state index < -0.39 is 10.0 Å². The molecule has 0 aromatic heterocycles. The normalized spacial score (nSPS) is 19.4. The van der Waals surface area contributed by atoms with Gasteiger partial charge in [-0.1, -0.05) is 36.4 Å². The van der Waals surface area contributed by atoms with Crippen molar-refractivity contribution >= 4 is 10.0 Å². The Kier molecular flexibility index (Phi) is 5.00. The average Bonchev–Trinajstić information content (AvgIpc) is 3.18. The van der Waals surface area contributed by atoms with Crippen LogP contribution in [0.3, 0.4) is 0 Å². The van der Waals surface area contributed by atoms with Gasteiger partial charge in [0.25, 0.3) is 0 Å². The van der Waals surface area contributed by atoms with E-state index in [-0.39, 0.29) is 6.04 Å². The van der Waals surface area contributed by atoms with Crippen molar-refractivity contribution in [1.29, 1.82) is 5.26 Å². The van der Waals surface area contributed by atoms with E-state index in [2.05, 4.69) is 11.0 Å². The predicted molar refractivity (Wildman–Crippen MR) is 104 cm³/mol. The smallest absolute Gasteiger partial charge is 0.243 e. The van der Waals surface area contributed by atoms with Gasteiger partial charge in [0.05, 0.1) is 11.0 Å². The molecule has 0 bridgehead atoms. The molecular formula is C21H23N3O2S. The summed E-state index contributed by atoms with van der Waals surface area (Å²) in [4.78, 5) is 2.46. The maximum atomic E-state index is 13.0. The Hall–Kier alpha value is -2.20. The lowest BCUT2D eigenvalue weighted by molar-refractivity contribution is 0.162. The highest BCUT2D eigenvalue weighted by atomic mass is 32.2. The van der Waals surface area contributed by atoms with Gasteiger partial charge in [0, 0.05) is 26.2 Å². The molecule has 0 radical (unpaired) electrons. The van der Waals surface area contributed by atoms with Crippen molar-refractivity contribution in [3.63, 3.8) is 0 Å². The molecular weight excluding hydrogens is 358 g/mol. The number of nitriles is 1. The third kappa shape index (κ3) is 3.51. The van der Waals surface area contributed by atoms with Crippen LogP contribution in [0.25, 0.3) is 0 Å². The first kappa shape index (κ1) is 18.2. The topological polar surface area (TPSA) is 64.4 Å². The molecule has 0 amide bonds. The molecule has 1 atom stereocenters. The van der Waals surface area contributed by atoms with Gasteiger partial charge >= 0.3 is 0 Å². The third-order valence-electron chi connectivity index (χ3n) is 5.58. The molecule has 0 saturated carbocycles. The predicted octanol–water partition coefficient (Wildman–Crippen LogP) is 2.75. The van der Waals surface area contributed by atoms with Gasteiger partial charge < -0.3 is 0 Å². The third-order valence-corrected chi connectivity index (χ3v) is 7.48. The van der Waals surface area contributed by atoms with E-state index in [0.717, 1.165) is 24.8 Å². The summed E-state index contributed by atoms with van der Waals surface area (Å²) in [7, 11) is -3.48. The molecule has 0 N–H and O–H groups in total. The summed E-state index contributed by atoms with van der Waals surface area (Å²) >= 11 is 0. The number of rotatable bonds is 4. The highest BCUT2D eigenvalue weighted by Gasteiger charge is 2.32. The number of hydrogen-bond donors (Lipinski definition) is 0. The van der Waals surface area contributed by atoms with E-state index in [4.69, 9.17) is 0 Å². The first-order chi connectivity index (χ1) is 13.1. The maximum absolute atomic E-state index is 13.0. The zero-order valence-corrected chi connectivity index (χ0v) is 16.0. The molecule has 6 heteroatoms. The van der Waals surface area contributed by atoms with Crippen LogP contribution in [0.4, 0.5) is 0 Å². The number of hydrogen-bond acceptors (Lipinski definition) is 4. The second-order valence-corrected chi connectivity index (χ2v) is 9.10. The van der Waals surface area contributed by atoms with Gasteiger partial charge in [0.15, 0.2) is 0 Å². The summed E-state index contributed by atoms with van der Waals surface area (Å²) in [6.07, 6.45) is 3.11. The number of benzene rings is 2. The lowest BCUT2D eigenvalue weighted by Gasteiger charge is -2.36. The van der Waals surface area contributed by atoms with Gasteiger partial charge in [-0.2, -0.15) is 9.57 Å². The summed E-state index contributed by atoms with van der Waals surface area (Å²) in [5.74, 6) is 0. The molecule has 4 rings (SSSR count). The van der Waals surface area contributed by atoms with Gasteiger partial charge in [0.1, 0.15) is 6.04 Å². The van der Waals surface area contributed by atoms with Crippen LogP contribution in [0.2, 0.25) is 0 Å². The van der Waals surface area contributed by atoms with Crippen LogP contribution in [-0.4, -0.2) is 43.8 Å². The van der Waals surface area contributed by atoms with E-state index in [1.807, 2.05) is 42.5 Å². The van der Waals surface area contributed by atoms with Crippen molar-refractivity contribution in [3.8, 4) is 6.07 Å². The molecule has 27 heavy (non-hydrogen) atoms. The van der Waals surface area contributed by atoms with Crippen molar-refractivity contribution < 1.29 is 8.42 Å². The Morgan fingerprint density at radius 3 is 2.33 bits per heavy atom. The Balaban J connectivity index is 1.48. The van der Waals surface area contributed by atoms with Gasteiger partial charge in [-0.05, 0) is 48.1 Å². The molecule has 1 saturated heterocycles. The molecule has 1 fully saturated rings. The number of sulfonamides is 1. The van der Waals surface area contributed by atoms with E-state index >= 15 is 0 Å². The standard InChI is InChI=1S/C21H23N3O2S/c22-16-21(18-5-2-1-3-6-18)23-11-13-24(14-12-23)27(25,26)20-10-9-17-7-4-8-19(17)15-20/h1-3,5-6,9-10,15,21H,4,7-8,11-14H2. The molecule has 1 aliphatic heterocycles. The monoisotopic (exact) mass is 381 g/mol. The highest BCUT2D eigenvalue weighted by molar-refractivity contribution is 7.89. The quantitative estimate of drug-likeness (QED) is 0.817. The fourth-order valence-corrected chi connectivity index (χ4v) is 5.54. The lowest BCUT2D eigenvalue weighted by Crippen LogP contribution is -2.49. The van der Waals surface area contributed by atoms with Gasteiger partial charge in [0.2, 0.25) is 10.0 Å². The summed E-state index contributed by atoms with van der Waals surface area (Å²) in [6.45, 7) is 1.92. The number of aryl methyl sites for hydroxylation is 2. The molecule has 5 nitrogen and oxygen atoms in total. The summed E-state index contributed by atoms with van der Waals surface area (Å²) < 4.78 is 27.6. The lowest BCUT2D eigenvalue weighted by atomic mass is 10.1. The van der Waals surface area contributed by atoms with Crippen molar-refractivity contribution in [1.82, 2.24) is 9.21 Å². The zero-order valence-electron chi connectivity index (χ0n) is 15.2. The minimum Gasteiger partial charge on any atom is -0.282 e. The maximum Gasteiger partial charge on any atom is 0.243 e. The molecule has 140 valence electrons. The van der Waals surface area contributed by atoms with Crippen LogP contribution in [0.1, 0.15) is 29.2 Å². The van der Waals surface area contributed by atoms with Gasteiger partial charge in [-0.25, -0.2) is 8.42 Å².